The van der Waals surface area contributed by atoms with E-state index in [1.54, 1.807) is 6.92 Å². The minimum atomic E-state index is -1.29. The number of aryl methyl sites for hydroxylation is 1. The number of hydrogen-bond donors (Lipinski definition) is 2. The van der Waals surface area contributed by atoms with Crippen LogP contribution in [0.15, 0.2) is 24.3 Å². The summed E-state index contributed by atoms with van der Waals surface area (Å²) in [5.74, 6) is -0.352. The SMILES string of the molecule is Cc1ccc(C[C@H]2COC[C@H](NC(=O)O)C(=O)OC(C)C2OCC(C)C)cc1. The largest absolute Gasteiger partial charge is 0.465 e. The number of nitrogens with one attached hydrogen (secondary N) is 1. The van der Waals surface area contributed by atoms with Gasteiger partial charge in [-0.2, -0.15) is 0 Å². The van der Waals surface area contributed by atoms with E-state index in [0.717, 1.165) is 5.56 Å². The predicted octanol–water partition coefficient (Wildman–Crippen LogP) is 2.79. The van der Waals surface area contributed by atoms with Crippen LogP contribution in [0.4, 0.5) is 4.79 Å². The van der Waals surface area contributed by atoms with Gasteiger partial charge in [0.15, 0.2) is 6.04 Å². The van der Waals surface area contributed by atoms with Crippen LogP contribution in [0.25, 0.3) is 0 Å². The molecule has 0 aromatic heterocycles. The first-order valence-electron chi connectivity index (χ1n) is 9.71. The molecule has 2 unspecified atom stereocenters. The quantitative estimate of drug-likeness (QED) is 0.722. The molecule has 0 bridgehead atoms. The molecule has 2 N–H and O–H groups in total. The molecule has 28 heavy (non-hydrogen) atoms. The molecule has 1 aromatic rings. The average Bonchev–Trinajstić information content (AvgIpc) is 2.65. The maximum Gasteiger partial charge on any atom is 0.405 e. The summed E-state index contributed by atoms with van der Waals surface area (Å²) < 4.78 is 17.4. The van der Waals surface area contributed by atoms with Crippen molar-refractivity contribution in [1.82, 2.24) is 5.32 Å². The third kappa shape index (κ3) is 6.80. The molecule has 0 aliphatic carbocycles. The monoisotopic (exact) mass is 393 g/mol. The van der Waals surface area contributed by atoms with E-state index in [2.05, 4.69) is 43.4 Å². The van der Waals surface area contributed by atoms with E-state index in [1.807, 2.05) is 6.92 Å². The lowest BCUT2D eigenvalue weighted by molar-refractivity contribution is -0.161. The number of amides is 1. The molecule has 7 nitrogen and oxygen atoms in total. The first-order valence-corrected chi connectivity index (χ1v) is 9.71. The molecule has 156 valence electrons. The van der Waals surface area contributed by atoms with E-state index in [1.165, 1.54) is 5.56 Å². The summed E-state index contributed by atoms with van der Waals surface area (Å²) in [5.41, 5.74) is 2.34. The molecule has 2 rings (SSSR count). The fraction of sp³-hybridized carbons (Fsp3) is 0.619. The fourth-order valence-corrected chi connectivity index (χ4v) is 3.24. The van der Waals surface area contributed by atoms with Crippen LogP contribution in [-0.4, -0.2) is 55.2 Å². The molecule has 1 aliphatic rings. The van der Waals surface area contributed by atoms with Gasteiger partial charge in [-0.05, 0) is 31.7 Å². The van der Waals surface area contributed by atoms with Crippen molar-refractivity contribution >= 4 is 12.1 Å². The molecule has 1 fully saturated rings. The molecule has 1 amide bonds. The van der Waals surface area contributed by atoms with Crippen LogP contribution >= 0.6 is 0 Å². The van der Waals surface area contributed by atoms with E-state index >= 15 is 0 Å². The van der Waals surface area contributed by atoms with E-state index in [0.29, 0.717) is 25.6 Å². The minimum Gasteiger partial charge on any atom is -0.465 e. The third-order valence-corrected chi connectivity index (χ3v) is 4.67. The Bertz CT molecular complexity index is 645. The zero-order valence-electron chi connectivity index (χ0n) is 17.0. The highest BCUT2D eigenvalue weighted by molar-refractivity contribution is 5.81. The second kappa shape index (κ2) is 10.4. The van der Waals surface area contributed by atoms with Crippen molar-refractivity contribution in [2.75, 3.05) is 19.8 Å². The van der Waals surface area contributed by atoms with Crippen molar-refractivity contribution in [3.05, 3.63) is 35.4 Å². The first-order chi connectivity index (χ1) is 13.3. The fourth-order valence-electron chi connectivity index (χ4n) is 3.24. The van der Waals surface area contributed by atoms with E-state index in [4.69, 9.17) is 19.3 Å². The first kappa shape index (κ1) is 22.2. The number of carbonyl (C=O) groups is 2. The molecular formula is C21H31NO6. The maximum atomic E-state index is 12.4. The van der Waals surface area contributed by atoms with Gasteiger partial charge in [-0.25, -0.2) is 9.59 Å². The lowest BCUT2D eigenvalue weighted by Gasteiger charge is -2.31. The van der Waals surface area contributed by atoms with Gasteiger partial charge in [-0.1, -0.05) is 43.7 Å². The number of hydrogen-bond acceptors (Lipinski definition) is 5. The normalized spacial score (nSPS) is 26.1. The zero-order chi connectivity index (χ0) is 20.7. The Hall–Kier alpha value is -2.12. The molecule has 0 radical (unpaired) electrons. The maximum absolute atomic E-state index is 12.4. The van der Waals surface area contributed by atoms with E-state index in [-0.39, 0.29) is 18.6 Å². The molecule has 7 heteroatoms. The number of carbonyl (C=O) groups excluding carboxylic acids is 1. The van der Waals surface area contributed by atoms with E-state index in [9.17, 15) is 9.59 Å². The third-order valence-electron chi connectivity index (χ3n) is 4.67. The number of rotatable bonds is 6. The van der Waals surface area contributed by atoms with Crippen molar-refractivity contribution in [1.29, 1.82) is 0 Å². The summed E-state index contributed by atoms with van der Waals surface area (Å²) in [7, 11) is 0. The summed E-state index contributed by atoms with van der Waals surface area (Å²) >= 11 is 0. The molecule has 1 aromatic carbocycles. The molecule has 1 saturated heterocycles. The summed E-state index contributed by atoms with van der Waals surface area (Å²) in [4.78, 5) is 23.3. The Labute approximate surface area is 166 Å². The standard InChI is InChI=1S/C21H31NO6/c1-13(2)10-27-19-15(4)28-20(23)18(22-21(24)25)12-26-11-17(19)9-16-7-5-14(3)6-8-16/h5-8,13,15,17-19,22H,9-12H2,1-4H3,(H,24,25)/t15?,17-,18-,19?/m0/s1. The van der Waals surface area contributed by atoms with Crippen LogP contribution in [0, 0.1) is 18.8 Å². The number of ether oxygens (including phenoxy) is 3. The van der Waals surface area contributed by atoms with Gasteiger partial charge in [-0.3, -0.25) is 0 Å². The summed E-state index contributed by atoms with van der Waals surface area (Å²) in [6, 6.07) is 7.22. The topological polar surface area (TPSA) is 94.1 Å². The van der Waals surface area contributed by atoms with Crippen LogP contribution in [0.5, 0.6) is 0 Å². The molecule has 1 heterocycles. The van der Waals surface area contributed by atoms with Gasteiger partial charge in [0, 0.05) is 12.5 Å². The summed E-state index contributed by atoms with van der Waals surface area (Å²) in [6.07, 6.45) is -1.46. The van der Waals surface area contributed by atoms with Gasteiger partial charge in [-0.15, -0.1) is 0 Å². The Morgan fingerprint density at radius 3 is 2.57 bits per heavy atom. The van der Waals surface area contributed by atoms with Crippen LogP contribution < -0.4 is 5.32 Å². The average molecular weight is 393 g/mol. The lowest BCUT2D eigenvalue weighted by Crippen LogP contribution is -2.46. The van der Waals surface area contributed by atoms with Gasteiger partial charge in [0.25, 0.3) is 0 Å². The van der Waals surface area contributed by atoms with Crippen LogP contribution in [0.3, 0.4) is 0 Å². The minimum absolute atomic E-state index is 0.0344. The highest BCUT2D eigenvalue weighted by Gasteiger charge is 2.35. The lowest BCUT2D eigenvalue weighted by atomic mass is 9.91. The van der Waals surface area contributed by atoms with Crippen molar-refractivity contribution in [2.45, 2.75) is 52.4 Å². The van der Waals surface area contributed by atoms with Gasteiger partial charge < -0.3 is 24.6 Å². The molecule has 4 atom stereocenters. The van der Waals surface area contributed by atoms with Gasteiger partial charge in [0.2, 0.25) is 0 Å². The van der Waals surface area contributed by atoms with Gasteiger partial charge >= 0.3 is 12.1 Å². The highest BCUT2D eigenvalue weighted by Crippen LogP contribution is 2.23. The second-order valence-electron chi connectivity index (χ2n) is 7.82. The molecule has 1 aliphatic heterocycles. The molecule has 0 saturated carbocycles. The Morgan fingerprint density at radius 1 is 1.29 bits per heavy atom. The second-order valence-corrected chi connectivity index (χ2v) is 7.82. The van der Waals surface area contributed by atoms with Crippen LogP contribution in [-0.2, 0) is 25.4 Å². The Morgan fingerprint density at radius 2 is 1.96 bits per heavy atom. The van der Waals surface area contributed by atoms with Crippen molar-refractivity contribution in [3.63, 3.8) is 0 Å². The summed E-state index contributed by atoms with van der Waals surface area (Å²) in [6.45, 7) is 8.75. The zero-order valence-corrected chi connectivity index (χ0v) is 17.0. The van der Waals surface area contributed by atoms with Crippen LogP contribution in [0.2, 0.25) is 0 Å². The number of carboxylic acid groups (broad SMARTS) is 1. The Kier molecular flexibility index (Phi) is 8.26. The molecule has 0 spiro atoms. The van der Waals surface area contributed by atoms with Crippen molar-refractivity contribution in [3.8, 4) is 0 Å². The van der Waals surface area contributed by atoms with E-state index < -0.39 is 24.2 Å². The van der Waals surface area contributed by atoms with Gasteiger partial charge in [0.05, 0.1) is 19.3 Å². The highest BCUT2D eigenvalue weighted by atomic mass is 16.6. The smallest absolute Gasteiger partial charge is 0.405 e. The number of benzene rings is 1. The summed E-state index contributed by atoms with van der Waals surface area (Å²) in [5, 5.41) is 11.1. The predicted molar refractivity (Wildman–Crippen MR) is 104 cm³/mol. The Balaban J connectivity index is 2.20. The van der Waals surface area contributed by atoms with Crippen molar-refractivity contribution < 1.29 is 28.9 Å². The van der Waals surface area contributed by atoms with Gasteiger partial charge in [0.1, 0.15) is 6.10 Å². The van der Waals surface area contributed by atoms with Crippen LogP contribution in [0.1, 0.15) is 31.9 Å². The van der Waals surface area contributed by atoms with Crippen molar-refractivity contribution in [2.24, 2.45) is 11.8 Å². The molecular weight excluding hydrogens is 362 g/mol. The number of cyclic esters (lactones) is 1. The number of esters is 1.